The molecule has 3 heteroatoms. The Morgan fingerprint density at radius 3 is 2.65 bits per heavy atom. The molecule has 2 saturated carbocycles. The lowest BCUT2D eigenvalue weighted by atomic mass is 9.86. The number of benzene rings is 1. The molecule has 3 aliphatic carbocycles. The number of hydrogen-bond acceptors (Lipinski definition) is 3. The normalized spacial score (nSPS) is 30.8. The maximum atomic E-state index is 12.5. The van der Waals surface area contributed by atoms with Crippen molar-refractivity contribution in [3.8, 4) is 0 Å². The first kappa shape index (κ1) is 14.7. The van der Waals surface area contributed by atoms with E-state index >= 15 is 0 Å². The number of fused-ring (bicyclic) bond motifs is 2. The standard InChI is InChI=1S/C20H22O3/c1-20(9-2-3-10-20)23-19(22)15-6-4-5-13(11-15)17-12-14-7-8-16(17)18(14)21/h4-8,11,14,16-17H,2-3,9-10,12H2,1H3. The average molecular weight is 310 g/mol. The van der Waals surface area contributed by atoms with Crippen molar-refractivity contribution in [2.45, 2.75) is 50.5 Å². The summed E-state index contributed by atoms with van der Waals surface area (Å²) in [5, 5.41) is 0. The van der Waals surface area contributed by atoms with Crippen molar-refractivity contribution in [1.82, 2.24) is 0 Å². The molecule has 0 spiro atoms. The van der Waals surface area contributed by atoms with Crippen LogP contribution in [0.2, 0.25) is 0 Å². The highest BCUT2D eigenvalue weighted by atomic mass is 16.6. The van der Waals surface area contributed by atoms with Gasteiger partial charge in [0.25, 0.3) is 0 Å². The zero-order valence-electron chi connectivity index (χ0n) is 13.5. The van der Waals surface area contributed by atoms with Crippen LogP contribution in [0, 0.1) is 11.8 Å². The highest BCUT2D eigenvalue weighted by molar-refractivity contribution is 5.93. The molecule has 0 amide bonds. The summed E-state index contributed by atoms with van der Waals surface area (Å²) in [6.45, 7) is 2.03. The number of ketones is 1. The molecule has 2 fully saturated rings. The summed E-state index contributed by atoms with van der Waals surface area (Å²) < 4.78 is 5.77. The van der Waals surface area contributed by atoms with Gasteiger partial charge in [0, 0.05) is 11.8 Å². The molecule has 1 aromatic carbocycles. The van der Waals surface area contributed by atoms with Crippen LogP contribution in [0.15, 0.2) is 36.4 Å². The van der Waals surface area contributed by atoms with Crippen LogP contribution in [0.3, 0.4) is 0 Å². The molecule has 3 unspecified atom stereocenters. The van der Waals surface area contributed by atoms with E-state index in [1.165, 1.54) is 0 Å². The highest BCUT2D eigenvalue weighted by Crippen LogP contribution is 2.46. The van der Waals surface area contributed by atoms with Gasteiger partial charge in [-0.1, -0.05) is 24.3 Å². The molecule has 3 aliphatic rings. The van der Waals surface area contributed by atoms with E-state index in [1.807, 2.05) is 43.3 Å². The summed E-state index contributed by atoms with van der Waals surface area (Å²) in [6, 6.07) is 7.67. The van der Waals surface area contributed by atoms with E-state index < -0.39 is 0 Å². The van der Waals surface area contributed by atoms with E-state index in [9.17, 15) is 9.59 Å². The summed E-state index contributed by atoms with van der Waals surface area (Å²) in [5.74, 6) is 0.395. The fourth-order valence-electron chi connectivity index (χ4n) is 4.39. The number of esters is 1. The Bertz CT molecular complexity index is 682. The van der Waals surface area contributed by atoms with Crippen molar-refractivity contribution in [1.29, 1.82) is 0 Å². The van der Waals surface area contributed by atoms with Crippen LogP contribution in [0.25, 0.3) is 0 Å². The maximum Gasteiger partial charge on any atom is 0.338 e. The van der Waals surface area contributed by atoms with Crippen molar-refractivity contribution in [2.24, 2.45) is 11.8 Å². The number of allylic oxidation sites excluding steroid dienone is 2. The maximum absolute atomic E-state index is 12.5. The highest BCUT2D eigenvalue weighted by Gasteiger charge is 2.44. The lowest BCUT2D eigenvalue weighted by molar-refractivity contribution is -0.120. The molecule has 0 radical (unpaired) electrons. The summed E-state index contributed by atoms with van der Waals surface area (Å²) in [4.78, 5) is 24.6. The topological polar surface area (TPSA) is 43.4 Å². The Morgan fingerprint density at radius 2 is 2.00 bits per heavy atom. The van der Waals surface area contributed by atoms with Crippen LogP contribution in [-0.2, 0) is 9.53 Å². The van der Waals surface area contributed by atoms with Crippen molar-refractivity contribution in [3.63, 3.8) is 0 Å². The quantitative estimate of drug-likeness (QED) is 0.625. The molecule has 120 valence electrons. The fraction of sp³-hybridized carbons (Fsp3) is 0.500. The summed E-state index contributed by atoms with van der Waals surface area (Å²) >= 11 is 0. The smallest absolute Gasteiger partial charge is 0.338 e. The van der Waals surface area contributed by atoms with Crippen LogP contribution in [0.4, 0.5) is 0 Å². The van der Waals surface area contributed by atoms with E-state index in [0.717, 1.165) is 37.7 Å². The van der Waals surface area contributed by atoms with Crippen LogP contribution >= 0.6 is 0 Å². The van der Waals surface area contributed by atoms with Gasteiger partial charge >= 0.3 is 5.97 Å². The van der Waals surface area contributed by atoms with Crippen molar-refractivity contribution in [2.75, 3.05) is 0 Å². The SMILES string of the molecule is CC1(OC(=O)c2cccc(C3CC4C=CC3C4=O)c2)CCCC1. The van der Waals surface area contributed by atoms with Gasteiger partial charge in [0.2, 0.25) is 0 Å². The minimum absolute atomic E-state index is 0.00128. The minimum atomic E-state index is -0.307. The predicted molar refractivity (Wildman–Crippen MR) is 87.2 cm³/mol. The lowest BCUT2D eigenvalue weighted by Crippen LogP contribution is -2.28. The van der Waals surface area contributed by atoms with Crippen LogP contribution in [0.1, 0.15) is 60.9 Å². The minimum Gasteiger partial charge on any atom is -0.456 e. The molecule has 3 nitrogen and oxygen atoms in total. The van der Waals surface area contributed by atoms with Gasteiger partial charge < -0.3 is 4.74 Å². The van der Waals surface area contributed by atoms with Gasteiger partial charge in [-0.2, -0.15) is 0 Å². The number of hydrogen-bond donors (Lipinski definition) is 0. The first-order valence-corrected chi connectivity index (χ1v) is 8.61. The summed E-state index contributed by atoms with van der Waals surface area (Å²) in [7, 11) is 0. The third-order valence-electron chi connectivity index (χ3n) is 5.74. The van der Waals surface area contributed by atoms with Crippen molar-refractivity contribution < 1.29 is 14.3 Å². The molecule has 0 aliphatic heterocycles. The van der Waals surface area contributed by atoms with Gasteiger partial charge in [0.05, 0.1) is 5.56 Å². The monoisotopic (exact) mass is 310 g/mol. The molecule has 0 aromatic heterocycles. The molecular formula is C20H22O3. The van der Waals surface area contributed by atoms with E-state index in [4.69, 9.17) is 4.74 Å². The third-order valence-corrected chi connectivity index (χ3v) is 5.74. The largest absolute Gasteiger partial charge is 0.456 e. The lowest BCUT2D eigenvalue weighted by Gasteiger charge is -2.24. The van der Waals surface area contributed by atoms with Crippen LogP contribution < -0.4 is 0 Å². The number of carbonyl (C=O) groups is 2. The summed E-state index contributed by atoms with van der Waals surface area (Å²) in [6.07, 6.45) is 9.09. The van der Waals surface area contributed by atoms with E-state index in [-0.39, 0.29) is 29.3 Å². The first-order chi connectivity index (χ1) is 11.1. The molecular weight excluding hydrogens is 288 g/mol. The fourth-order valence-corrected chi connectivity index (χ4v) is 4.39. The second kappa shape index (κ2) is 5.33. The van der Waals surface area contributed by atoms with E-state index in [2.05, 4.69) is 0 Å². The predicted octanol–water partition coefficient (Wildman–Crippen LogP) is 4.03. The van der Waals surface area contributed by atoms with Gasteiger partial charge in [-0.05, 0) is 62.6 Å². The Morgan fingerprint density at radius 1 is 1.22 bits per heavy atom. The molecule has 0 saturated heterocycles. The number of ether oxygens (including phenoxy) is 1. The van der Waals surface area contributed by atoms with Crippen LogP contribution in [-0.4, -0.2) is 17.4 Å². The molecule has 0 N–H and O–H groups in total. The Hall–Kier alpha value is -1.90. The van der Waals surface area contributed by atoms with Gasteiger partial charge in [0.15, 0.2) is 0 Å². The zero-order valence-corrected chi connectivity index (χ0v) is 13.5. The second-order valence-corrected chi connectivity index (χ2v) is 7.43. The second-order valence-electron chi connectivity index (χ2n) is 7.43. The van der Waals surface area contributed by atoms with Gasteiger partial charge in [-0.25, -0.2) is 4.79 Å². The van der Waals surface area contributed by atoms with E-state index in [1.54, 1.807) is 0 Å². The number of carbonyl (C=O) groups excluding carboxylic acids is 2. The number of Topliss-reactive ketones (excluding diaryl/α,β-unsaturated/α-hetero) is 1. The Balaban J connectivity index is 1.54. The van der Waals surface area contributed by atoms with Gasteiger partial charge in [-0.3, -0.25) is 4.79 Å². The molecule has 1 aromatic rings. The molecule has 0 heterocycles. The molecule has 3 atom stereocenters. The molecule has 4 rings (SSSR count). The summed E-state index contributed by atoms with van der Waals surface area (Å²) in [5.41, 5.74) is 1.38. The van der Waals surface area contributed by atoms with E-state index in [0.29, 0.717) is 11.3 Å². The van der Waals surface area contributed by atoms with Gasteiger partial charge in [-0.15, -0.1) is 0 Å². The van der Waals surface area contributed by atoms with Crippen molar-refractivity contribution in [3.05, 3.63) is 47.5 Å². The Labute approximate surface area is 136 Å². The Kier molecular flexibility index (Phi) is 3.40. The number of rotatable bonds is 3. The van der Waals surface area contributed by atoms with Crippen molar-refractivity contribution >= 4 is 11.8 Å². The first-order valence-electron chi connectivity index (χ1n) is 8.61. The molecule has 2 bridgehead atoms. The third kappa shape index (κ3) is 2.52. The molecule has 23 heavy (non-hydrogen) atoms. The zero-order chi connectivity index (χ0) is 16.0. The average Bonchev–Trinajstić information content (AvgIpc) is 3.22. The van der Waals surface area contributed by atoms with Gasteiger partial charge in [0.1, 0.15) is 11.4 Å². The van der Waals surface area contributed by atoms with Crippen LogP contribution in [0.5, 0.6) is 0 Å².